The summed E-state index contributed by atoms with van der Waals surface area (Å²) in [7, 11) is -2.10. The number of thiophene rings is 1. The first-order valence-corrected chi connectivity index (χ1v) is 10.7. The lowest BCUT2D eigenvalue weighted by Crippen LogP contribution is -2.34. The van der Waals surface area contributed by atoms with Crippen LogP contribution in [0.1, 0.15) is 29.3 Å². The van der Waals surface area contributed by atoms with E-state index in [9.17, 15) is 13.2 Å². The van der Waals surface area contributed by atoms with Crippen LogP contribution in [0.25, 0.3) is 0 Å². The number of nitrogens with zero attached hydrogens (tertiary/aromatic N) is 1. The van der Waals surface area contributed by atoms with Crippen molar-refractivity contribution >= 4 is 33.0 Å². The van der Waals surface area contributed by atoms with E-state index in [2.05, 4.69) is 4.72 Å². The summed E-state index contributed by atoms with van der Waals surface area (Å²) in [4.78, 5) is 14.7. The van der Waals surface area contributed by atoms with Crippen molar-refractivity contribution in [3.05, 3.63) is 40.3 Å². The minimum Gasteiger partial charge on any atom is -0.497 e. The van der Waals surface area contributed by atoms with Gasteiger partial charge >= 0.3 is 0 Å². The van der Waals surface area contributed by atoms with Crippen molar-refractivity contribution < 1.29 is 17.9 Å². The van der Waals surface area contributed by atoms with Gasteiger partial charge in [0.05, 0.1) is 12.8 Å². The first-order chi connectivity index (χ1) is 12.3. The van der Waals surface area contributed by atoms with Crippen LogP contribution in [0.5, 0.6) is 5.75 Å². The van der Waals surface area contributed by atoms with Crippen LogP contribution in [-0.4, -0.2) is 32.9 Å². The van der Waals surface area contributed by atoms with Crippen molar-refractivity contribution in [1.82, 2.24) is 4.90 Å². The molecule has 0 aliphatic carbocycles. The van der Waals surface area contributed by atoms with E-state index in [1.54, 1.807) is 36.3 Å². The molecule has 0 bridgehead atoms. The zero-order chi connectivity index (χ0) is 18.9. The van der Waals surface area contributed by atoms with Gasteiger partial charge in [-0.1, -0.05) is 6.92 Å². The summed E-state index contributed by atoms with van der Waals surface area (Å²) in [6.07, 6.45) is 1.16. The number of ether oxygens (including phenoxy) is 1. The normalized spacial score (nSPS) is 14.0. The molecule has 0 saturated carbocycles. The molecule has 3 rings (SSSR count). The summed E-state index contributed by atoms with van der Waals surface area (Å²) in [5.41, 5.74) is 2.24. The second-order valence-corrected chi connectivity index (χ2v) is 9.27. The maximum Gasteiger partial charge on any atom is 0.271 e. The number of aryl methyl sites for hydroxylation is 1. The predicted molar refractivity (Wildman–Crippen MR) is 102 cm³/mol. The Morgan fingerprint density at radius 1 is 1.35 bits per heavy atom. The van der Waals surface area contributed by atoms with E-state index in [4.69, 9.17) is 4.74 Å². The number of sulfonamides is 1. The van der Waals surface area contributed by atoms with E-state index in [-0.39, 0.29) is 10.1 Å². The highest BCUT2D eigenvalue weighted by atomic mass is 32.2. The molecular weight excluding hydrogens is 372 g/mol. The Kier molecular flexibility index (Phi) is 5.24. The zero-order valence-electron chi connectivity index (χ0n) is 15.0. The summed E-state index contributed by atoms with van der Waals surface area (Å²) < 4.78 is 33.7. The molecule has 0 radical (unpaired) electrons. The van der Waals surface area contributed by atoms with Gasteiger partial charge in [0.25, 0.3) is 10.0 Å². The minimum absolute atomic E-state index is 0.0956. The van der Waals surface area contributed by atoms with Gasteiger partial charge in [0.2, 0.25) is 5.91 Å². The van der Waals surface area contributed by atoms with Crippen molar-refractivity contribution in [2.75, 3.05) is 18.4 Å². The standard InChI is InChI=1S/C18H22N2O4S2/c1-4-17(21)20-8-7-16-13(11-20)10-18(25-16)26(22,23)19-15-6-5-14(24-3)9-12(15)2/h5-6,9-10,19H,4,7-8,11H2,1-3H3. The highest BCUT2D eigenvalue weighted by Gasteiger charge is 2.26. The van der Waals surface area contributed by atoms with Crippen LogP contribution in [0.2, 0.25) is 0 Å². The molecule has 26 heavy (non-hydrogen) atoms. The van der Waals surface area contributed by atoms with E-state index in [1.807, 2.05) is 13.8 Å². The second-order valence-electron chi connectivity index (χ2n) is 6.22. The molecule has 1 aliphatic rings. The van der Waals surface area contributed by atoms with Crippen LogP contribution in [0, 0.1) is 6.92 Å². The Labute approximate surface area is 157 Å². The molecule has 140 valence electrons. The molecule has 0 fully saturated rings. The molecule has 6 nitrogen and oxygen atoms in total. The van der Waals surface area contributed by atoms with Crippen molar-refractivity contribution in [3.63, 3.8) is 0 Å². The predicted octanol–water partition coefficient (Wildman–Crippen LogP) is 3.16. The number of carbonyl (C=O) groups excluding carboxylic acids is 1. The van der Waals surface area contributed by atoms with Crippen molar-refractivity contribution in [1.29, 1.82) is 0 Å². The van der Waals surface area contributed by atoms with Gasteiger partial charge < -0.3 is 9.64 Å². The molecule has 2 heterocycles. The third-order valence-corrected chi connectivity index (χ3v) is 7.52. The van der Waals surface area contributed by atoms with Crippen LogP contribution < -0.4 is 9.46 Å². The number of rotatable bonds is 5. The highest BCUT2D eigenvalue weighted by molar-refractivity contribution is 7.94. The first-order valence-electron chi connectivity index (χ1n) is 8.41. The van der Waals surface area contributed by atoms with E-state index in [1.165, 1.54) is 11.3 Å². The lowest BCUT2D eigenvalue weighted by molar-refractivity contribution is -0.131. The number of benzene rings is 1. The third kappa shape index (κ3) is 3.71. The maximum absolute atomic E-state index is 12.8. The number of methoxy groups -OCH3 is 1. The van der Waals surface area contributed by atoms with Crippen LogP contribution in [0.3, 0.4) is 0 Å². The molecule has 2 aromatic rings. The van der Waals surface area contributed by atoms with Crippen molar-refractivity contribution in [2.24, 2.45) is 0 Å². The fourth-order valence-corrected chi connectivity index (χ4v) is 5.62. The summed E-state index contributed by atoms with van der Waals surface area (Å²) in [5, 5.41) is 0. The average molecular weight is 395 g/mol. The first kappa shape index (κ1) is 18.7. The Morgan fingerprint density at radius 2 is 2.12 bits per heavy atom. The van der Waals surface area contributed by atoms with Gasteiger partial charge in [0.15, 0.2) is 0 Å². The van der Waals surface area contributed by atoms with Gasteiger partial charge in [-0.2, -0.15) is 0 Å². The van der Waals surface area contributed by atoms with E-state index in [0.29, 0.717) is 37.4 Å². The number of hydrogen-bond acceptors (Lipinski definition) is 5. The number of amides is 1. The topological polar surface area (TPSA) is 75.7 Å². The Morgan fingerprint density at radius 3 is 2.77 bits per heavy atom. The summed E-state index contributed by atoms with van der Waals surface area (Å²) in [5.74, 6) is 0.774. The van der Waals surface area contributed by atoms with Crippen LogP contribution in [-0.2, 0) is 27.8 Å². The smallest absolute Gasteiger partial charge is 0.271 e. The van der Waals surface area contributed by atoms with Gasteiger partial charge in [-0.3, -0.25) is 9.52 Å². The van der Waals surface area contributed by atoms with Crippen LogP contribution in [0.15, 0.2) is 28.5 Å². The Hall–Kier alpha value is -2.06. The monoisotopic (exact) mass is 394 g/mol. The summed E-state index contributed by atoms with van der Waals surface area (Å²) in [6.45, 7) is 4.79. The van der Waals surface area contributed by atoms with Gasteiger partial charge in [0.1, 0.15) is 9.96 Å². The van der Waals surface area contributed by atoms with E-state index >= 15 is 0 Å². The SMILES string of the molecule is CCC(=O)N1CCc2sc(S(=O)(=O)Nc3ccc(OC)cc3C)cc2C1. The fraction of sp³-hybridized carbons (Fsp3) is 0.389. The number of anilines is 1. The number of hydrogen-bond donors (Lipinski definition) is 1. The number of carbonyl (C=O) groups is 1. The molecule has 1 amide bonds. The molecule has 0 unspecified atom stereocenters. The third-order valence-electron chi connectivity index (χ3n) is 4.44. The molecule has 1 aromatic carbocycles. The molecule has 0 saturated heterocycles. The molecule has 0 atom stereocenters. The lowest BCUT2D eigenvalue weighted by atomic mass is 10.1. The highest BCUT2D eigenvalue weighted by Crippen LogP contribution is 2.33. The summed E-state index contributed by atoms with van der Waals surface area (Å²) in [6, 6.07) is 6.89. The largest absolute Gasteiger partial charge is 0.497 e. The van der Waals surface area contributed by atoms with E-state index in [0.717, 1.165) is 16.0 Å². The molecule has 1 aliphatic heterocycles. The Balaban J connectivity index is 1.83. The number of nitrogens with one attached hydrogen (secondary N) is 1. The van der Waals surface area contributed by atoms with Crippen molar-refractivity contribution in [2.45, 2.75) is 37.4 Å². The van der Waals surface area contributed by atoms with Gasteiger partial charge in [-0.05, 0) is 48.7 Å². The molecule has 1 aromatic heterocycles. The van der Waals surface area contributed by atoms with Gasteiger partial charge in [0, 0.05) is 24.4 Å². The molecule has 1 N–H and O–H groups in total. The lowest BCUT2D eigenvalue weighted by Gasteiger charge is -2.26. The number of fused-ring (bicyclic) bond motifs is 1. The Bertz CT molecular complexity index is 935. The maximum atomic E-state index is 12.8. The van der Waals surface area contributed by atoms with Crippen molar-refractivity contribution in [3.8, 4) is 5.75 Å². The molecular formula is C18H22N2O4S2. The second kappa shape index (κ2) is 7.28. The van der Waals surface area contributed by atoms with E-state index < -0.39 is 10.0 Å². The molecule has 8 heteroatoms. The van der Waals surface area contributed by atoms with Crippen LogP contribution >= 0.6 is 11.3 Å². The fourth-order valence-electron chi connectivity index (χ4n) is 2.95. The molecule has 0 spiro atoms. The van der Waals surface area contributed by atoms with Gasteiger partial charge in [-0.25, -0.2) is 8.42 Å². The zero-order valence-corrected chi connectivity index (χ0v) is 16.7. The minimum atomic E-state index is -3.67. The van der Waals surface area contributed by atoms with Crippen LogP contribution in [0.4, 0.5) is 5.69 Å². The van der Waals surface area contributed by atoms with Gasteiger partial charge in [-0.15, -0.1) is 11.3 Å². The summed E-state index contributed by atoms with van der Waals surface area (Å²) >= 11 is 1.28. The quantitative estimate of drug-likeness (QED) is 0.845. The average Bonchev–Trinajstić information content (AvgIpc) is 3.06.